The average Bonchev–Trinajstić information content (AvgIpc) is 2.96. The standard InChI is InChI=1S/C9H10N6O3S2/c1-3-19-9-12-11-8(20-9)10-7(16)6-5(15(17)18)4-14(2)13-6/h4H,3H2,1-2H3,(H,10,11,16). The van der Waals surface area contributed by atoms with Gasteiger partial charge in [0.2, 0.25) is 10.8 Å². The van der Waals surface area contributed by atoms with E-state index in [0.717, 1.165) is 10.1 Å². The number of thioether (sulfide) groups is 1. The Labute approximate surface area is 121 Å². The number of hydrogen-bond acceptors (Lipinski definition) is 8. The van der Waals surface area contributed by atoms with Gasteiger partial charge >= 0.3 is 5.69 Å². The summed E-state index contributed by atoms with van der Waals surface area (Å²) in [5, 5.41) is 25.0. The molecule has 0 atom stereocenters. The molecule has 0 radical (unpaired) electrons. The first-order chi connectivity index (χ1) is 9.51. The Balaban J connectivity index is 2.17. The molecule has 0 saturated heterocycles. The molecule has 2 aromatic heterocycles. The van der Waals surface area contributed by atoms with Crippen molar-refractivity contribution in [1.82, 2.24) is 20.0 Å². The van der Waals surface area contributed by atoms with E-state index < -0.39 is 10.8 Å². The summed E-state index contributed by atoms with van der Waals surface area (Å²) in [7, 11) is 1.50. The predicted octanol–water partition coefficient (Wildman–Crippen LogP) is 1.54. The molecular weight excluding hydrogens is 304 g/mol. The molecule has 11 heteroatoms. The predicted molar refractivity (Wildman–Crippen MR) is 74.1 cm³/mol. The topological polar surface area (TPSA) is 116 Å². The number of rotatable bonds is 5. The molecule has 2 heterocycles. The normalized spacial score (nSPS) is 10.5. The highest BCUT2D eigenvalue weighted by Gasteiger charge is 2.25. The third-order valence-electron chi connectivity index (χ3n) is 2.12. The van der Waals surface area contributed by atoms with Crippen LogP contribution in [0.4, 0.5) is 10.8 Å². The lowest BCUT2D eigenvalue weighted by molar-refractivity contribution is -0.385. The molecule has 2 rings (SSSR count). The van der Waals surface area contributed by atoms with Gasteiger partial charge in [-0.1, -0.05) is 30.0 Å². The monoisotopic (exact) mass is 314 g/mol. The van der Waals surface area contributed by atoms with Gasteiger partial charge < -0.3 is 0 Å². The number of nitrogens with one attached hydrogen (secondary N) is 1. The van der Waals surface area contributed by atoms with Crippen molar-refractivity contribution in [3.05, 3.63) is 22.0 Å². The van der Waals surface area contributed by atoms with E-state index in [9.17, 15) is 14.9 Å². The Morgan fingerprint density at radius 1 is 1.60 bits per heavy atom. The van der Waals surface area contributed by atoms with Crippen LogP contribution in [-0.2, 0) is 7.05 Å². The van der Waals surface area contributed by atoms with Crippen molar-refractivity contribution in [2.75, 3.05) is 11.1 Å². The van der Waals surface area contributed by atoms with Crippen LogP contribution in [0, 0.1) is 10.1 Å². The van der Waals surface area contributed by atoms with E-state index in [4.69, 9.17) is 0 Å². The first-order valence-electron chi connectivity index (χ1n) is 5.47. The molecule has 20 heavy (non-hydrogen) atoms. The van der Waals surface area contributed by atoms with Gasteiger partial charge in [-0.2, -0.15) is 5.10 Å². The number of aryl methyl sites for hydroxylation is 1. The highest BCUT2D eigenvalue weighted by atomic mass is 32.2. The quantitative estimate of drug-likeness (QED) is 0.385. The number of anilines is 1. The first-order valence-corrected chi connectivity index (χ1v) is 7.27. The number of nitro groups is 1. The number of amides is 1. The number of carbonyl (C=O) groups is 1. The molecule has 1 amide bonds. The van der Waals surface area contributed by atoms with Gasteiger partial charge in [-0.25, -0.2) is 0 Å². The van der Waals surface area contributed by atoms with Crippen molar-refractivity contribution in [2.24, 2.45) is 7.05 Å². The van der Waals surface area contributed by atoms with Crippen LogP contribution >= 0.6 is 23.1 Å². The second kappa shape index (κ2) is 5.96. The van der Waals surface area contributed by atoms with E-state index in [1.165, 1.54) is 41.0 Å². The SMILES string of the molecule is CCSc1nnc(NC(=O)c2nn(C)cc2[N+](=O)[O-])s1. The van der Waals surface area contributed by atoms with E-state index >= 15 is 0 Å². The fourth-order valence-corrected chi connectivity index (χ4v) is 3.01. The lowest BCUT2D eigenvalue weighted by Gasteiger charge is -1.96. The smallest absolute Gasteiger partial charge is 0.295 e. The van der Waals surface area contributed by atoms with Crippen molar-refractivity contribution in [3.63, 3.8) is 0 Å². The van der Waals surface area contributed by atoms with Crippen molar-refractivity contribution < 1.29 is 9.72 Å². The zero-order valence-electron chi connectivity index (χ0n) is 10.6. The summed E-state index contributed by atoms with van der Waals surface area (Å²) < 4.78 is 1.93. The second-order valence-corrected chi connectivity index (χ2v) is 6.04. The van der Waals surface area contributed by atoms with Gasteiger partial charge in [0.15, 0.2) is 4.34 Å². The summed E-state index contributed by atoms with van der Waals surface area (Å²) in [5.41, 5.74) is -0.602. The fraction of sp³-hybridized carbons (Fsp3) is 0.333. The molecule has 0 fully saturated rings. The highest BCUT2D eigenvalue weighted by Crippen LogP contribution is 2.26. The summed E-state index contributed by atoms with van der Waals surface area (Å²) >= 11 is 2.70. The third kappa shape index (κ3) is 3.11. The molecule has 9 nitrogen and oxygen atoms in total. The van der Waals surface area contributed by atoms with Gasteiger partial charge in [-0.15, -0.1) is 10.2 Å². The van der Waals surface area contributed by atoms with Crippen LogP contribution in [0.5, 0.6) is 0 Å². The Hall–Kier alpha value is -2.01. The number of hydrogen-bond donors (Lipinski definition) is 1. The van der Waals surface area contributed by atoms with Crippen LogP contribution in [-0.4, -0.2) is 36.6 Å². The van der Waals surface area contributed by atoms with Crippen LogP contribution in [0.2, 0.25) is 0 Å². The van der Waals surface area contributed by atoms with E-state index in [2.05, 4.69) is 20.6 Å². The molecule has 0 spiro atoms. The minimum atomic E-state index is -0.679. The molecule has 0 unspecified atom stereocenters. The van der Waals surface area contributed by atoms with Crippen LogP contribution in [0.1, 0.15) is 17.4 Å². The van der Waals surface area contributed by atoms with Crippen LogP contribution in [0.15, 0.2) is 10.5 Å². The van der Waals surface area contributed by atoms with Crippen LogP contribution in [0.25, 0.3) is 0 Å². The average molecular weight is 314 g/mol. The van der Waals surface area contributed by atoms with Crippen LogP contribution < -0.4 is 5.32 Å². The molecular formula is C9H10N6O3S2. The maximum absolute atomic E-state index is 12.0. The maximum atomic E-state index is 12.0. The number of nitrogens with zero attached hydrogens (tertiary/aromatic N) is 5. The highest BCUT2D eigenvalue weighted by molar-refractivity contribution is 8.01. The summed E-state index contributed by atoms with van der Waals surface area (Å²) in [5.74, 6) is 0.162. The van der Waals surface area contributed by atoms with Crippen molar-refractivity contribution >= 4 is 39.8 Å². The lowest BCUT2D eigenvalue weighted by atomic mass is 10.3. The Bertz CT molecular complexity index is 652. The largest absolute Gasteiger partial charge is 0.320 e. The minimum Gasteiger partial charge on any atom is -0.295 e. The van der Waals surface area contributed by atoms with E-state index in [-0.39, 0.29) is 16.5 Å². The van der Waals surface area contributed by atoms with Gasteiger partial charge in [0.05, 0.1) is 4.92 Å². The minimum absolute atomic E-state index is 0.252. The van der Waals surface area contributed by atoms with Gasteiger partial charge in [-0.05, 0) is 5.75 Å². The molecule has 0 aliphatic rings. The Morgan fingerprint density at radius 2 is 2.35 bits per heavy atom. The Morgan fingerprint density at radius 3 is 3.00 bits per heavy atom. The second-order valence-electron chi connectivity index (χ2n) is 3.55. The number of carbonyl (C=O) groups excluding carboxylic acids is 1. The van der Waals surface area contributed by atoms with Gasteiger partial charge in [0, 0.05) is 7.05 Å². The molecule has 1 N–H and O–H groups in total. The van der Waals surface area contributed by atoms with Gasteiger partial charge in [0.1, 0.15) is 6.20 Å². The molecule has 0 aliphatic heterocycles. The number of aromatic nitrogens is 4. The maximum Gasteiger partial charge on any atom is 0.320 e. The molecule has 0 aromatic carbocycles. The van der Waals surface area contributed by atoms with E-state index in [0.29, 0.717) is 0 Å². The summed E-state index contributed by atoms with van der Waals surface area (Å²) in [6.07, 6.45) is 1.17. The summed E-state index contributed by atoms with van der Waals surface area (Å²) in [4.78, 5) is 22.1. The van der Waals surface area contributed by atoms with Crippen molar-refractivity contribution in [3.8, 4) is 0 Å². The molecule has 2 aromatic rings. The molecule has 0 aliphatic carbocycles. The zero-order chi connectivity index (χ0) is 14.7. The van der Waals surface area contributed by atoms with Crippen molar-refractivity contribution in [1.29, 1.82) is 0 Å². The summed E-state index contributed by atoms with van der Waals surface area (Å²) in [6.45, 7) is 1.97. The van der Waals surface area contributed by atoms with Gasteiger partial charge in [-0.3, -0.25) is 24.9 Å². The molecule has 0 saturated carbocycles. The van der Waals surface area contributed by atoms with Crippen molar-refractivity contribution in [2.45, 2.75) is 11.3 Å². The fourth-order valence-electron chi connectivity index (χ4n) is 1.37. The van der Waals surface area contributed by atoms with E-state index in [1.54, 1.807) is 0 Å². The third-order valence-corrected chi connectivity index (χ3v) is 3.97. The lowest BCUT2D eigenvalue weighted by Crippen LogP contribution is -2.14. The van der Waals surface area contributed by atoms with E-state index in [1.807, 2.05) is 6.92 Å². The van der Waals surface area contributed by atoms with Gasteiger partial charge in [0.25, 0.3) is 5.91 Å². The first kappa shape index (κ1) is 14.4. The van der Waals surface area contributed by atoms with Crippen LogP contribution in [0.3, 0.4) is 0 Å². The Kier molecular flexibility index (Phi) is 4.29. The molecule has 0 bridgehead atoms. The zero-order valence-corrected chi connectivity index (χ0v) is 12.2. The summed E-state index contributed by atoms with van der Waals surface area (Å²) in [6, 6.07) is 0. The molecule has 106 valence electrons.